The summed E-state index contributed by atoms with van der Waals surface area (Å²) in [6.07, 6.45) is 5.81. The topological polar surface area (TPSA) is 15.3 Å². The molecule has 2 atom stereocenters. The van der Waals surface area contributed by atoms with Crippen molar-refractivity contribution in [2.24, 2.45) is 17.3 Å². The van der Waals surface area contributed by atoms with Crippen LogP contribution in [-0.4, -0.2) is 36.6 Å². The van der Waals surface area contributed by atoms with Crippen LogP contribution < -0.4 is 5.32 Å². The number of hydrogen-bond acceptors (Lipinski definition) is 2. The predicted molar refractivity (Wildman–Crippen MR) is 83.4 cm³/mol. The smallest absolute Gasteiger partial charge is 0.0169 e. The summed E-state index contributed by atoms with van der Waals surface area (Å²) >= 11 is 0. The van der Waals surface area contributed by atoms with Gasteiger partial charge in [0.25, 0.3) is 0 Å². The third-order valence-corrected chi connectivity index (χ3v) is 5.22. The van der Waals surface area contributed by atoms with Crippen molar-refractivity contribution in [3.63, 3.8) is 0 Å². The van der Waals surface area contributed by atoms with Crippen LogP contribution in [0.4, 0.5) is 0 Å². The maximum atomic E-state index is 3.63. The monoisotopic (exact) mass is 266 g/mol. The van der Waals surface area contributed by atoms with E-state index in [-0.39, 0.29) is 0 Å². The predicted octanol–water partition coefficient (Wildman–Crippen LogP) is 3.52. The van der Waals surface area contributed by atoms with Crippen LogP contribution in [0.5, 0.6) is 0 Å². The molecule has 0 aromatic carbocycles. The van der Waals surface area contributed by atoms with Gasteiger partial charge in [-0.2, -0.15) is 0 Å². The zero-order chi connectivity index (χ0) is 14.0. The van der Waals surface area contributed by atoms with Crippen molar-refractivity contribution in [2.75, 3.05) is 19.6 Å². The molecule has 1 saturated heterocycles. The molecule has 0 amide bonds. The largest absolute Gasteiger partial charge is 0.309 e. The van der Waals surface area contributed by atoms with Crippen molar-refractivity contribution in [3.05, 3.63) is 0 Å². The van der Waals surface area contributed by atoms with Gasteiger partial charge in [-0.05, 0) is 56.8 Å². The zero-order valence-corrected chi connectivity index (χ0v) is 13.7. The molecule has 2 unspecified atom stereocenters. The highest BCUT2D eigenvalue weighted by Crippen LogP contribution is 2.40. The minimum atomic E-state index is 0.517. The van der Waals surface area contributed by atoms with Gasteiger partial charge in [0.15, 0.2) is 0 Å². The minimum absolute atomic E-state index is 0.517. The number of rotatable bonds is 2. The molecule has 2 nitrogen and oxygen atoms in total. The van der Waals surface area contributed by atoms with E-state index in [2.05, 4.69) is 44.8 Å². The molecule has 1 aliphatic carbocycles. The van der Waals surface area contributed by atoms with Gasteiger partial charge in [-0.15, -0.1) is 0 Å². The number of piperazine rings is 1. The molecule has 2 fully saturated rings. The van der Waals surface area contributed by atoms with Crippen molar-refractivity contribution in [1.29, 1.82) is 0 Å². The first kappa shape index (κ1) is 15.3. The average Bonchev–Trinajstić information content (AvgIpc) is 2.26. The summed E-state index contributed by atoms with van der Waals surface area (Å²) in [6, 6.07) is 1.32. The van der Waals surface area contributed by atoms with Gasteiger partial charge in [0.2, 0.25) is 0 Å². The van der Waals surface area contributed by atoms with Crippen molar-refractivity contribution in [1.82, 2.24) is 10.2 Å². The summed E-state index contributed by atoms with van der Waals surface area (Å²) in [5, 5.41) is 3.63. The van der Waals surface area contributed by atoms with E-state index < -0.39 is 0 Å². The molecule has 1 N–H and O–H groups in total. The molecule has 1 aliphatic heterocycles. The lowest BCUT2D eigenvalue weighted by Crippen LogP contribution is -2.55. The van der Waals surface area contributed by atoms with Gasteiger partial charge in [0.05, 0.1) is 0 Å². The van der Waals surface area contributed by atoms with Crippen molar-refractivity contribution in [3.8, 4) is 0 Å². The van der Waals surface area contributed by atoms with E-state index in [1.807, 2.05) is 0 Å². The molecule has 112 valence electrons. The van der Waals surface area contributed by atoms with Crippen LogP contribution >= 0.6 is 0 Å². The van der Waals surface area contributed by atoms with E-state index in [9.17, 15) is 0 Å². The Balaban J connectivity index is 1.76. The first-order chi connectivity index (χ1) is 8.84. The third-order valence-electron chi connectivity index (χ3n) is 5.22. The van der Waals surface area contributed by atoms with E-state index in [1.165, 1.54) is 45.3 Å². The second kappa shape index (κ2) is 6.13. The maximum Gasteiger partial charge on any atom is 0.0169 e. The van der Waals surface area contributed by atoms with Crippen molar-refractivity contribution in [2.45, 2.75) is 72.4 Å². The fourth-order valence-electron chi connectivity index (χ4n) is 4.17. The molecule has 0 bridgehead atoms. The van der Waals surface area contributed by atoms with Gasteiger partial charge in [-0.1, -0.05) is 20.8 Å². The van der Waals surface area contributed by atoms with Crippen LogP contribution in [0.3, 0.4) is 0 Å². The summed E-state index contributed by atoms with van der Waals surface area (Å²) in [7, 11) is 0. The zero-order valence-electron chi connectivity index (χ0n) is 13.7. The van der Waals surface area contributed by atoms with E-state index in [0.717, 1.165) is 11.8 Å². The van der Waals surface area contributed by atoms with Crippen LogP contribution in [-0.2, 0) is 0 Å². The van der Waals surface area contributed by atoms with Crippen LogP contribution in [0.1, 0.15) is 60.3 Å². The van der Waals surface area contributed by atoms with Gasteiger partial charge in [-0.3, -0.25) is 4.90 Å². The number of nitrogens with one attached hydrogen (secondary N) is 1. The second-order valence-electron chi connectivity index (χ2n) is 8.27. The average molecular weight is 266 g/mol. The quantitative estimate of drug-likeness (QED) is 0.822. The van der Waals surface area contributed by atoms with Gasteiger partial charge in [0.1, 0.15) is 0 Å². The molecule has 0 aromatic heterocycles. The molecular formula is C17H34N2. The third kappa shape index (κ3) is 4.46. The molecule has 0 aromatic rings. The van der Waals surface area contributed by atoms with Gasteiger partial charge in [-0.25, -0.2) is 0 Å². The highest BCUT2D eigenvalue weighted by atomic mass is 15.2. The lowest BCUT2D eigenvalue weighted by molar-refractivity contribution is 0.103. The van der Waals surface area contributed by atoms with Crippen molar-refractivity contribution < 1.29 is 0 Å². The molecule has 2 heteroatoms. The minimum Gasteiger partial charge on any atom is -0.309 e. The van der Waals surface area contributed by atoms with Crippen molar-refractivity contribution >= 4 is 0 Å². The van der Waals surface area contributed by atoms with E-state index in [0.29, 0.717) is 17.5 Å². The Bertz CT molecular complexity index is 263. The van der Waals surface area contributed by atoms with Gasteiger partial charge < -0.3 is 5.32 Å². The van der Waals surface area contributed by atoms with E-state index in [4.69, 9.17) is 0 Å². The summed E-state index contributed by atoms with van der Waals surface area (Å²) in [4.78, 5) is 2.70. The first-order valence-corrected chi connectivity index (χ1v) is 8.33. The molecular weight excluding hydrogens is 232 g/mol. The van der Waals surface area contributed by atoms with E-state index in [1.54, 1.807) is 0 Å². The Morgan fingerprint density at radius 1 is 0.947 bits per heavy atom. The summed E-state index contributed by atoms with van der Waals surface area (Å²) in [5.41, 5.74) is 0.517. The Morgan fingerprint density at radius 2 is 1.47 bits per heavy atom. The summed E-state index contributed by atoms with van der Waals surface area (Å²) < 4.78 is 0. The fraction of sp³-hybridized carbons (Fsp3) is 1.00. The normalized spacial score (nSPS) is 38.4. The standard InChI is InChI=1S/C17H34N2/c1-13-10-19(11-14(2)18-13)12-15-6-8-16(9-7-15)17(3,4)5/h13-16,18H,6-12H2,1-5H3. The van der Waals surface area contributed by atoms with Crippen LogP contribution in [0.2, 0.25) is 0 Å². The molecule has 2 rings (SSSR count). The molecule has 0 radical (unpaired) electrons. The van der Waals surface area contributed by atoms with Crippen LogP contribution in [0.25, 0.3) is 0 Å². The SMILES string of the molecule is CC1CN(CC2CCC(C(C)(C)C)CC2)CC(C)N1. The highest BCUT2D eigenvalue weighted by Gasteiger charge is 2.31. The fourth-order valence-corrected chi connectivity index (χ4v) is 4.17. The lowest BCUT2D eigenvalue weighted by Gasteiger charge is -2.41. The number of nitrogens with zero attached hydrogens (tertiary/aromatic N) is 1. The van der Waals surface area contributed by atoms with Gasteiger partial charge in [0, 0.05) is 31.7 Å². The highest BCUT2D eigenvalue weighted by molar-refractivity contribution is 4.85. The molecule has 1 saturated carbocycles. The molecule has 0 spiro atoms. The lowest BCUT2D eigenvalue weighted by atomic mass is 9.70. The van der Waals surface area contributed by atoms with Crippen LogP contribution in [0, 0.1) is 17.3 Å². The Kier molecular flexibility index (Phi) is 4.94. The summed E-state index contributed by atoms with van der Waals surface area (Å²) in [6.45, 7) is 15.7. The maximum absolute atomic E-state index is 3.63. The molecule has 1 heterocycles. The second-order valence-corrected chi connectivity index (χ2v) is 8.27. The number of hydrogen-bond donors (Lipinski definition) is 1. The summed E-state index contributed by atoms with van der Waals surface area (Å²) in [5.74, 6) is 1.90. The van der Waals surface area contributed by atoms with Crippen LogP contribution in [0.15, 0.2) is 0 Å². The molecule has 19 heavy (non-hydrogen) atoms. The molecule has 2 aliphatic rings. The Morgan fingerprint density at radius 3 is 1.95 bits per heavy atom. The van der Waals surface area contributed by atoms with E-state index >= 15 is 0 Å². The Hall–Kier alpha value is -0.0800. The van der Waals surface area contributed by atoms with Gasteiger partial charge >= 0.3 is 0 Å². The Labute approximate surface area is 120 Å². The first-order valence-electron chi connectivity index (χ1n) is 8.33.